The van der Waals surface area contributed by atoms with Gasteiger partial charge in [0.05, 0.1) is 16.6 Å². The molecule has 1 unspecified atom stereocenters. The predicted octanol–water partition coefficient (Wildman–Crippen LogP) is 2.62. The molecule has 0 aliphatic carbocycles. The number of pyridine rings is 1. The maximum absolute atomic E-state index is 14.7. The quantitative estimate of drug-likeness (QED) is 0.628. The molecule has 8 heteroatoms. The Hall–Kier alpha value is -3.52. The van der Waals surface area contributed by atoms with Crippen LogP contribution in [-0.4, -0.2) is 64.4 Å². The van der Waals surface area contributed by atoms with Crippen molar-refractivity contribution in [1.82, 2.24) is 19.7 Å². The van der Waals surface area contributed by atoms with E-state index in [2.05, 4.69) is 5.32 Å². The highest BCUT2D eigenvalue weighted by Gasteiger charge is 2.40. The number of hydrogen-bond acceptors (Lipinski definition) is 4. The molecule has 2 fully saturated rings. The van der Waals surface area contributed by atoms with Crippen LogP contribution in [0, 0.1) is 5.82 Å². The fourth-order valence-corrected chi connectivity index (χ4v) is 5.14. The van der Waals surface area contributed by atoms with Gasteiger partial charge >= 0.3 is 0 Å². The molecule has 5 rings (SSSR count). The van der Waals surface area contributed by atoms with Crippen molar-refractivity contribution in [1.29, 1.82) is 0 Å². The molecule has 7 nitrogen and oxygen atoms in total. The maximum Gasteiger partial charge on any atom is 0.256 e. The average molecular weight is 477 g/mol. The van der Waals surface area contributed by atoms with Crippen molar-refractivity contribution in [2.45, 2.75) is 31.8 Å². The van der Waals surface area contributed by atoms with E-state index in [4.69, 9.17) is 0 Å². The van der Waals surface area contributed by atoms with E-state index in [1.807, 2.05) is 29.7 Å². The van der Waals surface area contributed by atoms with E-state index in [0.717, 1.165) is 30.5 Å². The number of halogens is 1. The molecule has 2 aliphatic rings. The standard InChI is InChI=1S/C27H29FN4O3/c1-27(10-4-11-29-27)26(35)31-15-13-30(14-16-31)25(34)21-17-19(7-8-22(21)28)18-32-12-9-24(33)20-5-2-3-6-23(20)32/h2-3,5-9,12,17,29H,4,10-11,13-16,18H2,1H3. The van der Waals surface area contributed by atoms with E-state index >= 15 is 0 Å². The molecular weight excluding hydrogens is 447 g/mol. The van der Waals surface area contributed by atoms with E-state index in [1.165, 1.54) is 12.1 Å². The maximum atomic E-state index is 14.7. The zero-order valence-electron chi connectivity index (χ0n) is 19.8. The smallest absolute Gasteiger partial charge is 0.256 e. The van der Waals surface area contributed by atoms with Gasteiger partial charge in [0.1, 0.15) is 5.82 Å². The van der Waals surface area contributed by atoms with Crippen molar-refractivity contribution in [3.8, 4) is 0 Å². The number of rotatable bonds is 4. The fourth-order valence-electron chi connectivity index (χ4n) is 5.14. The van der Waals surface area contributed by atoms with Crippen molar-refractivity contribution in [3.63, 3.8) is 0 Å². The van der Waals surface area contributed by atoms with Crippen LogP contribution in [0.15, 0.2) is 59.5 Å². The van der Waals surface area contributed by atoms with Crippen LogP contribution in [0.1, 0.15) is 35.7 Å². The Morgan fingerprint density at radius 1 is 1.03 bits per heavy atom. The monoisotopic (exact) mass is 476 g/mol. The lowest BCUT2D eigenvalue weighted by molar-refractivity contribution is -0.138. The van der Waals surface area contributed by atoms with Gasteiger partial charge in [-0.3, -0.25) is 14.4 Å². The number of benzene rings is 2. The number of fused-ring (bicyclic) bond motifs is 1. The summed E-state index contributed by atoms with van der Waals surface area (Å²) in [5.74, 6) is -0.861. The molecule has 0 spiro atoms. The summed E-state index contributed by atoms with van der Waals surface area (Å²) < 4.78 is 16.6. The average Bonchev–Trinajstić information content (AvgIpc) is 3.34. The number of carbonyl (C=O) groups excluding carboxylic acids is 2. The van der Waals surface area contributed by atoms with E-state index < -0.39 is 11.4 Å². The number of para-hydroxylation sites is 1. The van der Waals surface area contributed by atoms with E-state index in [9.17, 15) is 18.8 Å². The Balaban J connectivity index is 1.31. The van der Waals surface area contributed by atoms with Crippen LogP contribution in [0.4, 0.5) is 4.39 Å². The van der Waals surface area contributed by atoms with Crippen LogP contribution < -0.4 is 10.7 Å². The molecule has 2 saturated heterocycles. The first-order chi connectivity index (χ1) is 16.9. The molecule has 2 aromatic carbocycles. The molecule has 3 aromatic rings. The molecular formula is C27H29FN4O3. The van der Waals surface area contributed by atoms with Crippen molar-refractivity contribution in [2.24, 2.45) is 0 Å². The number of amides is 2. The van der Waals surface area contributed by atoms with Gasteiger partial charge in [-0.25, -0.2) is 4.39 Å². The largest absolute Gasteiger partial charge is 0.343 e. The number of carbonyl (C=O) groups is 2. The molecule has 2 aliphatic heterocycles. The second kappa shape index (κ2) is 9.26. The van der Waals surface area contributed by atoms with Crippen molar-refractivity contribution in [2.75, 3.05) is 32.7 Å². The minimum absolute atomic E-state index is 0.0250. The van der Waals surface area contributed by atoms with Crippen molar-refractivity contribution >= 4 is 22.7 Å². The molecule has 1 aromatic heterocycles. The number of piperazine rings is 1. The van der Waals surface area contributed by atoms with Crippen LogP contribution in [0.5, 0.6) is 0 Å². The Labute approximate surface area is 203 Å². The van der Waals surface area contributed by atoms with Gasteiger partial charge in [-0.2, -0.15) is 0 Å². The predicted molar refractivity (Wildman–Crippen MR) is 132 cm³/mol. The minimum atomic E-state index is -0.565. The van der Waals surface area contributed by atoms with Gasteiger partial charge < -0.3 is 19.7 Å². The van der Waals surface area contributed by atoms with Crippen molar-refractivity contribution in [3.05, 3.63) is 81.9 Å². The molecule has 0 radical (unpaired) electrons. The van der Waals surface area contributed by atoms with E-state index in [-0.39, 0.29) is 22.8 Å². The Bertz CT molecular complexity index is 1340. The molecule has 0 saturated carbocycles. The van der Waals surface area contributed by atoms with Gasteiger partial charge in [0.15, 0.2) is 5.43 Å². The highest BCUT2D eigenvalue weighted by molar-refractivity contribution is 5.95. The SMILES string of the molecule is CC1(C(=O)N2CCN(C(=O)c3cc(Cn4ccc(=O)c5ccccc54)ccc3F)CC2)CCCN1. The topological polar surface area (TPSA) is 74.7 Å². The summed E-state index contributed by atoms with van der Waals surface area (Å²) in [4.78, 5) is 41.7. The first kappa shape index (κ1) is 23.2. The van der Waals surface area contributed by atoms with Gasteiger partial charge in [0.25, 0.3) is 5.91 Å². The van der Waals surface area contributed by atoms with Crippen LogP contribution in [-0.2, 0) is 11.3 Å². The lowest BCUT2D eigenvalue weighted by atomic mass is 9.98. The molecule has 35 heavy (non-hydrogen) atoms. The third kappa shape index (κ3) is 4.46. The van der Waals surface area contributed by atoms with Gasteiger partial charge in [0.2, 0.25) is 5.91 Å². The molecule has 3 heterocycles. The van der Waals surface area contributed by atoms with Crippen LogP contribution in [0.25, 0.3) is 10.9 Å². The van der Waals surface area contributed by atoms with Crippen LogP contribution in [0.2, 0.25) is 0 Å². The fraction of sp³-hybridized carbons (Fsp3) is 0.370. The second-order valence-electron chi connectivity index (χ2n) is 9.59. The zero-order valence-corrected chi connectivity index (χ0v) is 19.8. The third-order valence-corrected chi connectivity index (χ3v) is 7.19. The summed E-state index contributed by atoms with van der Waals surface area (Å²) >= 11 is 0. The van der Waals surface area contributed by atoms with Crippen molar-refractivity contribution < 1.29 is 14.0 Å². The molecule has 0 bridgehead atoms. The summed E-state index contributed by atoms with van der Waals surface area (Å²) in [5.41, 5.74) is 0.985. The van der Waals surface area contributed by atoms with Crippen LogP contribution in [0.3, 0.4) is 0 Å². The van der Waals surface area contributed by atoms with Gasteiger partial charge in [-0.1, -0.05) is 18.2 Å². The van der Waals surface area contributed by atoms with E-state index in [1.54, 1.807) is 34.2 Å². The minimum Gasteiger partial charge on any atom is -0.343 e. The van der Waals surface area contributed by atoms with E-state index in [0.29, 0.717) is 38.1 Å². The summed E-state index contributed by atoms with van der Waals surface area (Å²) in [7, 11) is 0. The summed E-state index contributed by atoms with van der Waals surface area (Å²) in [6.07, 6.45) is 3.50. The molecule has 1 N–H and O–H groups in total. The Kier molecular flexibility index (Phi) is 6.15. The molecule has 2 amide bonds. The summed E-state index contributed by atoms with van der Waals surface area (Å²) in [6, 6.07) is 13.4. The number of nitrogens with zero attached hydrogens (tertiary/aromatic N) is 3. The lowest BCUT2D eigenvalue weighted by Crippen LogP contribution is -2.58. The molecule has 182 valence electrons. The Morgan fingerprint density at radius 2 is 1.77 bits per heavy atom. The highest BCUT2D eigenvalue weighted by atomic mass is 19.1. The molecule has 1 atom stereocenters. The van der Waals surface area contributed by atoms with Gasteiger partial charge in [-0.05, 0) is 56.1 Å². The van der Waals surface area contributed by atoms with Crippen LogP contribution >= 0.6 is 0 Å². The summed E-state index contributed by atoms with van der Waals surface area (Å²) in [6.45, 7) is 4.79. The number of hydrogen-bond donors (Lipinski definition) is 1. The first-order valence-electron chi connectivity index (χ1n) is 12.1. The Morgan fingerprint density at radius 3 is 2.51 bits per heavy atom. The first-order valence-corrected chi connectivity index (χ1v) is 12.1. The number of nitrogens with one attached hydrogen (secondary N) is 1. The summed E-state index contributed by atoms with van der Waals surface area (Å²) in [5, 5.41) is 3.91. The lowest BCUT2D eigenvalue weighted by Gasteiger charge is -2.38. The zero-order chi connectivity index (χ0) is 24.6. The number of aromatic nitrogens is 1. The van der Waals surface area contributed by atoms with Gasteiger partial charge in [-0.15, -0.1) is 0 Å². The van der Waals surface area contributed by atoms with Gasteiger partial charge in [0, 0.05) is 50.4 Å². The third-order valence-electron chi connectivity index (χ3n) is 7.19. The second-order valence-corrected chi connectivity index (χ2v) is 9.59. The normalized spacial score (nSPS) is 20.4. The highest BCUT2D eigenvalue weighted by Crippen LogP contribution is 2.23.